The average Bonchev–Trinajstić information content (AvgIpc) is 2.76. The molecule has 1 heterocycles. The molecule has 1 rings (SSSR count). The molecule has 0 radical (unpaired) electrons. The monoisotopic (exact) mass is 285 g/mol. The van der Waals surface area contributed by atoms with Crippen LogP contribution in [0.25, 0.3) is 0 Å². The predicted molar refractivity (Wildman–Crippen MR) is 56.5 cm³/mol. The number of nitrogens with one attached hydrogen (secondary N) is 2. The lowest BCUT2D eigenvalue weighted by atomic mass is 10.4. The Kier molecular flexibility index (Phi) is 5.59. The lowest BCUT2D eigenvalue weighted by Gasteiger charge is -2.06. The van der Waals surface area contributed by atoms with E-state index >= 15 is 0 Å². The minimum Gasteiger partial charge on any atom is -0.392 e. The van der Waals surface area contributed by atoms with Gasteiger partial charge >= 0.3 is 0 Å². The smallest absolute Gasteiger partial charge is 0.261 e. The maximum Gasteiger partial charge on any atom is 0.261 e. The molecular formula is C8H13F2N3O4S. The molecule has 0 bridgehead atoms. The molecule has 0 aliphatic rings. The van der Waals surface area contributed by atoms with Crippen LogP contribution in [-0.2, 0) is 21.4 Å². The van der Waals surface area contributed by atoms with Crippen molar-refractivity contribution < 1.29 is 27.0 Å². The van der Waals surface area contributed by atoms with E-state index in [0.717, 1.165) is 0 Å². The summed E-state index contributed by atoms with van der Waals surface area (Å²) in [6.07, 6.45) is -1.41. The molecule has 0 unspecified atom stereocenters. The molecule has 1 aromatic heterocycles. The third kappa shape index (κ3) is 4.29. The van der Waals surface area contributed by atoms with Crippen LogP contribution in [0.3, 0.4) is 0 Å². The maximum absolute atomic E-state index is 11.7. The Labute approximate surface area is 102 Å². The molecule has 0 saturated carbocycles. The van der Waals surface area contributed by atoms with E-state index in [1.165, 1.54) is 6.20 Å². The number of hydrogen-bond donors (Lipinski definition) is 3. The molecule has 0 atom stereocenters. The van der Waals surface area contributed by atoms with Gasteiger partial charge in [-0.15, -0.1) is 0 Å². The van der Waals surface area contributed by atoms with E-state index in [-0.39, 0.29) is 23.7 Å². The van der Waals surface area contributed by atoms with Crippen molar-refractivity contribution in [2.75, 3.05) is 19.8 Å². The lowest BCUT2D eigenvalue weighted by molar-refractivity contribution is 0.0199. The van der Waals surface area contributed by atoms with Crippen LogP contribution in [0, 0.1) is 0 Å². The van der Waals surface area contributed by atoms with Gasteiger partial charge in [-0.2, -0.15) is 5.10 Å². The van der Waals surface area contributed by atoms with Crippen molar-refractivity contribution in [2.45, 2.75) is 18.1 Å². The van der Waals surface area contributed by atoms with E-state index in [1.807, 2.05) is 0 Å². The van der Waals surface area contributed by atoms with Crippen LogP contribution in [0.2, 0.25) is 0 Å². The Bertz CT molecular complexity index is 463. The molecule has 104 valence electrons. The standard InChI is InChI=1S/C8H13F2N3O4S/c9-7(10)5-17-2-1-12-18(15,16)8-6(4-14)3-11-13-8/h3,7,12,14H,1-2,4-5H2,(H,11,13). The Balaban J connectivity index is 2.46. The van der Waals surface area contributed by atoms with E-state index in [4.69, 9.17) is 5.11 Å². The highest BCUT2D eigenvalue weighted by Gasteiger charge is 2.19. The van der Waals surface area contributed by atoms with Gasteiger partial charge in [-0.1, -0.05) is 0 Å². The summed E-state index contributed by atoms with van der Waals surface area (Å²) >= 11 is 0. The number of nitrogens with zero attached hydrogens (tertiary/aromatic N) is 1. The van der Waals surface area contributed by atoms with E-state index in [0.29, 0.717) is 0 Å². The number of aliphatic hydroxyl groups is 1. The zero-order valence-corrected chi connectivity index (χ0v) is 10.1. The Hall–Kier alpha value is -1.10. The number of alkyl halides is 2. The predicted octanol–water partition coefficient (Wildman–Crippen LogP) is -0.538. The molecule has 10 heteroatoms. The Morgan fingerprint density at radius 2 is 2.28 bits per heavy atom. The molecule has 0 spiro atoms. The van der Waals surface area contributed by atoms with Crippen LogP contribution in [0.15, 0.2) is 11.2 Å². The quantitative estimate of drug-likeness (QED) is 0.557. The van der Waals surface area contributed by atoms with Gasteiger partial charge in [0.15, 0.2) is 5.03 Å². The zero-order chi connectivity index (χ0) is 13.6. The number of aromatic nitrogens is 2. The third-order valence-corrected chi connectivity index (χ3v) is 3.37. The fourth-order valence-electron chi connectivity index (χ4n) is 1.14. The summed E-state index contributed by atoms with van der Waals surface area (Å²) in [7, 11) is -3.86. The van der Waals surface area contributed by atoms with Crippen molar-refractivity contribution >= 4 is 10.0 Å². The first kappa shape index (κ1) is 15.0. The minimum atomic E-state index is -3.86. The second kappa shape index (κ2) is 6.73. The number of rotatable bonds is 8. The first-order valence-electron chi connectivity index (χ1n) is 4.96. The van der Waals surface area contributed by atoms with Crippen molar-refractivity contribution in [1.29, 1.82) is 0 Å². The van der Waals surface area contributed by atoms with E-state index < -0.39 is 29.7 Å². The number of H-pyrrole nitrogens is 1. The van der Waals surface area contributed by atoms with Gasteiger partial charge in [-0.25, -0.2) is 21.9 Å². The summed E-state index contributed by atoms with van der Waals surface area (Å²) in [5.74, 6) is 0. The van der Waals surface area contributed by atoms with Crippen LogP contribution in [0.5, 0.6) is 0 Å². The molecule has 7 nitrogen and oxygen atoms in total. The molecule has 0 fully saturated rings. The number of hydrogen-bond acceptors (Lipinski definition) is 5. The normalized spacial score (nSPS) is 12.2. The molecule has 0 aliphatic carbocycles. The first-order valence-corrected chi connectivity index (χ1v) is 6.44. The molecule has 1 aromatic rings. The van der Waals surface area contributed by atoms with Crippen LogP contribution >= 0.6 is 0 Å². The van der Waals surface area contributed by atoms with Gasteiger partial charge in [0.1, 0.15) is 6.61 Å². The van der Waals surface area contributed by atoms with Crippen molar-refractivity contribution in [2.24, 2.45) is 0 Å². The summed E-state index contributed by atoms with van der Waals surface area (Å²) in [5, 5.41) is 14.4. The van der Waals surface area contributed by atoms with E-state index in [2.05, 4.69) is 19.7 Å². The Morgan fingerprint density at radius 1 is 1.56 bits per heavy atom. The SMILES string of the molecule is O=S(=O)(NCCOCC(F)F)c1[nH]ncc1CO. The lowest BCUT2D eigenvalue weighted by Crippen LogP contribution is -2.29. The molecule has 0 saturated heterocycles. The molecule has 0 aliphatic heterocycles. The highest BCUT2D eigenvalue weighted by molar-refractivity contribution is 7.89. The average molecular weight is 285 g/mol. The molecule has 0 amide bonds. The number of aromatic amines is 1. The van der Waals surface area contributed by atoms with Gasteiger partial charge in [0.2, 0.25) is 0 Å². The summed E-state index contributed by atoms with van der Waals surface area (Å²) in [6, 6.07) is 0. The molecule has 3 N–H and O–H groups in total. The number of sulfonamides is 1. The summed E-state index contributed by atoms with van der Waals surface area (Å²) < 4.78 is 53.4. The second-order valence-electron chi connectivity index (χ2n) is 3.25. The van der Waals surface area contributed by atoms with Crippen LogP contribution < -0.4 is 4.72 Å². The summed E-state index contributed by atoms with van der Waals surface area (Å²) in [6.45, 7) is -1.55. The Morgan fingerprint density at radius 3 is 2.89 bits per heavy atom. The van der Waals surface area contributed by atoms with Gasteiger partial charge in [0.05, 0.1) is 19.4 Å². The van der Waals surface area contributed by atoms with Gasteiger partial charge in [0.25, 0.3) is 16.4 Å². The fourth-order valence-corrected chi connectivity index (χ4v) is 2.27. The number of ether oxygens (including phenoxy) is 1. The zero-order valence-electron chi connectivity index (χ0n) is 9.27. The minimum absolute atomic E-state index is 0.121. The first-order chi connectivity index (χ1) is 8.47. The van der Waals surface area contributed by atoms with Crippen LogP contribution in [0.1, 0.15) is 5.56 Å². The topological polar surface area (TPSA) is 104 Å². The van der Waals surface area contributed by atoms with Crippen LogP contribution in [0.4, 0.5) is 8.78 Å². The maximum atomic E-state index is 11.7. The van der Waals surface area contributed by atoms with E-state index in [1.54, 1.807) is 0 Å². The third-order valence-electron chi connectivity index (χ3n) is 1.90. The van der Waals surface area contributed by atoms with E-state index in [9.17, 15) is 17.2 Å². The molecular weight excluding hydrogens is 272 g/mol. The van der Waals surface area contributed by atoms with Gasteiger partial charge in [-0.05, 0) is 0 Å². The highest BCUT2D eigenvalue weighted by atomic mass is 32.2. The van der Waals surface area contributed by atoms with Crippen molar-refractivity contribution in [1.82, 2.24) is 14.9 Å². The number of aliphatic hydroxyl groups excluding tert-OH is 1. The molecule has 18 heavy (non-hydrogen) atoms. The van der Waals surface area contributed by atoms with Gasteiger partial charge in [0, 0.05) is 12.1 Å². The molecule has 0 aromatic carbocycles. The fraction of sp³-hybridized carbons (Fsp3) is 0.625. The van der Waals surface area contributed by atoms with Crippen molar-refractivity contribution in [3.63, 3.8) is 0 Å². The van der Waals surface area contributed by atoms with Crippen molar-refractivity contribution in [3.8, 4) is 0 Å². The van der Waals surface area contributed by atoms with Crippen LogP contribution in [-0.4, -0.2) is 49.9 Å². The van der Waals surface area contributed by atoms with Crippen molar-refractivity contribution in [3.05, 3.63) is 11.8 Å². The van der Waals surface area contributed by atoms with Gasteiger partial charge < -0.3 is 9.84 Å². The summed E-state index contributed by atoms with van der Waals surface area (Å²) in [4.78, 5) is 0. The van der Waals surface area contributed by atoms with Gasteiger partial charge in [-0.3, -0.25) is 5.10 Å². The largest absolute Gasteiger partial charge is 0.392 e. The number of halogens is 2. The summed E-state index contributed by atoms with van der Waals surface area (Å²) in [5.41, 5.74) is 0.121. The second-order valence-corrected chi connectivity index (χ2v) is 4.95. The highest BCUT2D eigenvalue weighted by Crippen LogP contribution is 2.10.